The second-order valence-corrected chi connectivity index (χ2v) is 10.9. The molecular formula is C15H23ClN4O4S2. The molecule has 1 aliphatic rings. The van der Waals surface area contributed by atoms with Gasteiger partial charge in [-0.15, -0.1) is 11.3 Å². The number of piperazine rings is 1. The first-order valence-corrected chi connectivity index (χ1v) is 10.7. The summed E-state index contributed by atoms with van der Waals surface area (Å²) in [6.07, 6.45) is 0. The second kappa shape index (κ2) is 8.22. The van der Waals surface area contributed by atoms with Crippen molar-refractivity contribution in [3.8, 4) is 0 Å². The van der Waals surface area contributed by atoms with Gasteiger partial charge in [-0.05, 0) is 32.9 Å². The molecule has 146 valence electrons. The van der Waals surface area contributed by atoms with Crippen molar-refractivity contribution in [1.82, 2.24) is 19.8 Å². The number of imide groups is 1. The van der Waals surface area contributed by atoms with Crippen molar-refractivity contribution >= 4 is 44.9 Å². The maximum absolute atomic E-state index is 12.5. The summed E-state index contributed by atoms with van der Waals surface area (Å²) in [6, 6.07) is 2.51. The number of carbonyl (C=O) groups is 2. The van der Waals surface area contributed by atoms with Crippen LogP contribution in [0, 0.1) is 0 Å². The van der Waals surface area contributed by atoms with Crippen LogP contribution in [-0.4, -0.2) is 67.8 Å². The highest BCUT2D eigenvalue weighted by Crippen LogP contribution is 2.28. The number of carbonyl (C=O) groups excluding carboxylic acids is 2. The molecule has 2 rings (SSSR count). The van der Waals surface area contributed by atoms with Gasteiger partial charge in [-0.2, -0.15) is 4.31 Å². The first-order chi connectivity index (χ1) is 12.0. The lowest BCUT2D eigenvalue weighted by molar-refractivity contribution is -0.121. The zero-order valence-corrected chi connectivity index (χ0v) is 17.3. The number of hydrogen-bond donors (Lipinski definition) is 2. The molecule has 0 saturated carbocycles. The summed E-state index contributed by atoms with van der Waals surface area (Å²) in [7, 11) is -3.56. The molecule has 26 heavy (non-hydrogen) atoms. The number of hydrogen-bond acceptors (Lipinski definition) is 6. The Morgan fingerprint density at radius 1 is 1.19 bits per heavy atom. The maximum Gasteiger partial charge on any atom is 0.321 e. The van der Waals surface area contributed by atoms with E-state index in [1.807, 2.05) is 25.7 Å². The fourth-order valence-corrected chi connectivity index (χ4v) is 5.49. The standard InChI is InChI=1S/C15H23ClN4O4S2/c1-15(2,3)18-14(22)17-12(21)10-19-6-8-20(9-7-19)26(23,24)13-5-4-11(16)25-13/h4-5H,6-10H2,1-3H3,(H2,17,18,21,22). The Bertz CT molecular complexity index is 765. The van der Waals surface area contributed by atoms with E-state index < -0.39 is 27.5 Å². The molecule has 0 bridgehead atoms. The smallest absolute Gasteiger partial charge is 0.321 e. The summed E-state index contributed by atoms with van der Waals surface area (Å²) in [5, 5.41) is 4.93. The normalized spacial score (nSPS) is 17.1. The molecule has 0 aliphatic carbocycles. The summed E-state index contributed by atoms with van der Waals surface area (Å²) in [4.78, 5) is 25.5. The van der Waals surface area contributed by atoms with Crippen LogP contribution in [-0.2, 0) is 14.8 Å². The van der Waals surface area contributed by atoms with Crippen LogP contribution in [0.3, 0.4) is 0 Å². The Balaban J connectivity index is 1.83. The minimum absolute atomic E-state index is 0.0380. The third-order valence-corrected chi connectivity index (χ3v) is 7.18. The van der Waals surface area contributed by atoms with E-state index >= 15 is 0 Å². The van der Waals surface area contributed by atoms with Crippen LogP contribution in [0.25, 0.3) is 0 Å². The SMILES string of the molecule is CC(C)(C)NC(=O)NC(=O)CN1CCN(S(=O)(=O)c2ccc(Cl)s2)CC1. The van der Waals surface area contributed by atoms with Crippen LogP contribution in [0.15, 0.2) is 16.3 Å². The third-order valence-electron chi connectivity index (χ3n) is 3.58. The summed E-state index contributed by atoms with van der Waals surface area (Å²) in [6.45, 7) is 6.86. The van der Waals surface area contributed by atoms with E-state index in [0.717, 1.165) is 11.3 Å². The average molecular weight is 423 g/mol. The van der Waals surface area contributed by atoms with Gasteiger partial charge in [-0.3, -0.25) is 15.0 Å². The van der Waals surface area contributed by atoms with E-state index in [-0.39, 0.29) is 23.8 Å². The molecule has 2 N–H and O–H groups in total. The maximum atomic E-state index is 12.5. The molecule has 3 amide bonds. The highest BCUT2D eigenvalue weighted by Gasteiger charge is 2.30. The van der Waals surface area contributed by atoms with Crippen molar-refractivity contribution in [3.05, 3.63) is 16.5 Å². The first-order valence-electron chi connectivity index (χ1n) is 8.07. The lowest BCUT2D eigenvalue weighted by atomic mass is 10.1. The number of sulfonamides is 1. The van der Waals surface area contributed by atoms with E-state index in [2.05, 4.69) is 10.6 Å². The van der Waals surface area contributed by atoms with E-state index in [9.17, 15) is 18.0 Å². The topological polar surface area (TPSA) is 98.8 Å². The molecule has 0 radical (unpaired) electrons. The number of urea groups is 1. The van der Waals surface area contributed by atoms with E-state index in [4.69, 9.17) is 11.6 Å². The van der Waals surface area contributed by atoms with Gasteiger partial charge >= 0.3 is 6.03 Å². The van der Waals surface area contributed by atoms with E-state index in [0.29, 0.717) is 17.4 Å². The van der Waals surface area contributed by atoms with Crippen LogP contribution < -0.4 is 10.6 Å². The van der Waals surface area contributed by atoms with Crippen LogP contribution in [0.5, 0.6) is 0 Å². The van der Waals surface area contributed by atoms with Crippen LogP contribution >= 0.6 is 22.9 Å². The van der Waals surface area contributed by atoms with Crippen molar-refractivity contribution in [2.75, 3.05) is 32.7 Å². The monoisotopic (exact) mass is 422 g/mol. The number of thiophene rings is 1. The minimum Gasteiger partial charge on any atom is -0.333 e. The van der Waals surface area contributed by atoms with Gasteiger partial charge in [-0.1, -0.05) is 11.6 Å². The Kier molecular flexibility index (Phi) is 6.67. The van der Waals surface area contributed by atoms with Gasteiger partial charge in [-0.25, -0.2) is 13.2 Å². The van der Waals surface area contributed by atoms with E-state index in [1.165, 1.54) is 10.4 Å². The van der Waals surface area contributed by atoms with Crippen molar-refractivity contribution in [2.45, 2.75) is 30.5 Å². The molecule has 11 heteroatoms. The van der Waals surface area contributed by atoms with Crippen molar-refractivity contribution in [1.29, 1.82) is 0 Å². The average Bonchev–Trinajstić information content (AvgIpc) is 2.93. The molecular weight excluding hydrogens is 400 g/mol. The molecule has 0 aromatic carbocycles. The largest absolute Gasteiger partial charge is 0.333 e. The lowest BCUT2D eigenvalue weighted by Crippen LogP contribution is -2.53. The Labute approximate surface area is 162 Å². The predicted octanol–water partition coefficient (Wildman–Crippen LogP) is 1.33. The molecule has 0 unspecified atom stereocenters. The molecule has 0 atom stereocenters. The fourth-order valence-electron chi connectivity index (χ4n) is 2.43. The highest BCUT2D eigenvalue weighted by molar-refractivity contribution is 7.91. The van der Waals surface area contributed by atoms with Gasteiger partial charge in [0, 0.05) is 31.7 Å². The minimum atomic E-state index is -3.56. The van der Waals surface area contributed by atoms with E-state index in [1.54, 1.807) is 6.07 Å². The molecule has 1 aromatic heterocycles. The predicted molar refractivity (Wildman–Crippen MR) is 101 cm³/mol. The fraction of sp³-hybridized carbons (Fsp3) is 0.600. The quantitative estimate of drug-likeness (QED) is 0.762. The van der Waals surface area contributed by atoms with Crippen LogP contribution in [0.4, 0.5) is 4.79 Å². The summed E-state index contributed by atoms with van der Waals surface area (Å²) < 4.78 is 27.1. The first kappa shape index (κ1) is 21.1. The zero-order valence-electron chi connectivity index (χ0n) is 14.9. The van der Waals surface area contributed by atoms with Gasteiger partial charge in [0.25, 0.3) is 10.0 Å². The Morgan fingerprint density at radius 3 is 2.31 bits per heavy atom. The number of halogens is 1. The third kappa shape index (κ3) is 5.92. The summed E-state index contributed by atoms with van der Waals surface area (Å²) >= 11 is 6.84. The molecule has 2 heterocycles. The second-order valence-electron chi connectivity index (χ2n) is 6.99. The van der Waals surface area contributed by atoms with Gasteiger partial charge in [0.2, 0.25) is 5.91 Å². The number of amides is 3. The van der Waals surface area contributed by atoms with Gasteiger partial charge in [0.05, 0.1) is 10.9 Å². The van der Waals surface area contributed by atoms with Gasteiger partial charge < -0.3 is 5.32 Å². The van der Waals surface area contributed by atoms with Crippen LogP contribution in [0.1, 0.15) is 20.8 Å². The van der Waals surface area contributed by atoms with Crippen LogP contribution in [0.2, 0.25) is 4.34 Å². The number of nitrogens with one attached hydrogen (secondary N) is 2. The summed E-state index contributed by atoms with van der Waals surface area (Å²) in [5.41, 5.74) is -0.435. The zero-order chi connectivity index (χ0) is 19.5. The molecule has 1 aromatic rings. The van der Waals surface area contributed by atoms with Crippen molar-refractivity contribution in [3.63, 3.8) is 0 Å². The Hall–Kier alpha value is -1.20. The van der Waals surface area contributed by atoms with Crippen molar-refractivity contribution in [2.24, 2.45) is 0 Å². The summed E-state index contributed by atoms with van der Waals surface area (Å²) in [5.74, 6) is -0.423. The molecule has 1 saturated heterocycles. The number of rotatable bonds is 4. The Morgan fingerprint density at radius 2 is 1.81 bits per heavy atom. The molecule has 1 fully saturated rings. The van der Waals surface area contributed by atoms with Crippen molar-refractivity contribution < 1.29 is 18.0 Å². The number of nitrogens with zero attached hydrogens (tertiary/aromatic N) is 2. The molecule has 8 nitrogen and oxygen atoms in total. The lowest BCUT2D eigenvalue weighted by Gasteiger charge is -2.33. The van der Waals surface area contributed by atoms with Gasteiger partial charge in [0.15, 0.2) is 0 Å². The molecule has 0 spiro atoms. The molecule has 1 aliphatic heterocycles. The van der Waals surface area contributed by atoms with Gasteiger partial charge in [0.1, 0.15) is 4.21 Å². The highest BCUT2D eigenvalue weighted by atomic mass is 35.5.